The number of benzene rings is 2. The number of carbonyl (C=O) groups excluding carboxylic acids is 1. The lowest BCUT2D eigenvalue weighted by molar-refractivity contribution is -0.143. The highest BCUT2D eigenvalue weighted by molar-refractivity contribution is 5.86. The van der Waals surface area contributed by atoms with Gasteiger partial charge in [-0.2, -0.15) is 26.3 Å². The van der Waals surface area contributed by atoms with Crippen LogP contribution in [-0.2, 0) is 23.6 Å². The Morgan fingerprint density at radius 1 is 0.729 bits per heavy atom. The molecule has 0 aliphatic carbocycles. The Labute approximate surface area is 298 Å². The van der Waals surface area contributed by atoms with E-state index >= 15 is 0 Å². The van der Waals surface area contributed by atoms with Crippen LogP contribution < -0.4 is 0 Å². The van der Waals surface area contributed by atoms with E-state index in [0.717, 1.165) is 56.7 Å². The van der Waals surface area contributed by atoms with Crippen molar-refractivity contribution < 1.29 is 31.1 Å². The smallest absolute Gasteiger partial charge is 0.344 e. The van der Waals surface area contributed by atoms with Crippen molar-refractivity contribution in [3.05, 3.63) is 70.8 Å². The lowest BCUT2D eigenvalue weighted by atomic mass is 9.94. The molecule has 0 aromatic heterocycles. The van der Waals surface area contributed by atoms with Crippen LogP contribution in [0.4, 0.5) is 26.3 Å². The number of nitrogens with zero attached hydrogens (tertiary/aromatic N) is 4. The molecule has 5 nitrogen and oxygen atoms in total. The first-order valence-corrected chi connectivity index (χ1v) is 16.2. The van der Waals surface area contributed by atoms with Gasteiger partial charge in [0.25, 0.3) is 0 Å². The Kier molecular flexibility index (Phi) is 16.3. The minimum atomic E-state index is -4.91. The van der Waals surface area contributed by atoms with Gasteiger partial charge >= 0.3 is 12.4 Å². The molecule has 272 valence electrons. The van der Waals surface area contributed by atoms with Gasteiger partial charge in [-0.3, -0.25) is 9.69 Å². The molecule has 48 heavy (non-hydrogen) atoms. The zero-order valence-electron chi connectivity index (χ0n) is 27.1. The lowest BCUT2D eigenvalue weighted by Gasteiger charge is -2.46. The lowest BCUT2D eigenvalue weighted by Crippen LogP contribution is -2.53. The van der Waals surface area contributed by atoms with Crippen LogP contribution in [0, 0.1) is 0 Å². The summed E-state index contributed by atoms with van der Waals surface area (Å²) >= 11 is 0. The summed E-state index contributed by atoms with van der Waals surface area (Å²) in [7, 11) is 1.57. The van der Waals surface area contributed by atoms with E-state index in [-0.39, 0.29) is 67.7 Å². The van der Waals surface area contributed by atoms with E-state index in [4.69, 9.17) is 0 Å². The van der Waals surface area contributed by atoms with Crippen molar-refractivity contribution in [3.63, 3.8) is 0 Å². The molecule has 14 heteroatoms. The topological polar surface area (TPSA) is 30.0 Å². The van der Waals surface area contributed by atoms with Crippen molar-refractivity contribution in [2.24, 2.45) is 0 Å². The Morgan fingerprint density at radius 3 is 1.71 bits per heavy atom. The molecule has 0 spiro atoms. The van der Waals surface area contributed by atoms with Crippen LogP contribution in [0.2, 0.25) is 0 Å². The maximum Gasteiger partial charge on any atom is 0.416 e. The van der Waals surface area contributed by atoms with Gasteiger partial charge in [0, 0.05) is 38.8 Å². The molecule has 3 aliphatic rings. The molecule has 2 aromatic carbocycles. The third kappa shape index (κ3) is 10.9. The molecule has 1 amide bonds. The second-order valence-electron chi connectivity index (χ2n) is 12.9. The maximum atomic E-state index is 13.9. The zero-order valence-corrected chi connectivity index (χ0v) is 29.6. The minimum absolute atomic E-state index is 0. The van der Waals surface area contributed by atoms with Crippen LogP contribution >= 0.6 is 37.2 Å². The quantitative estimate of drug-likeness (QED) is 0.255. The molecule has 3 aliphatic heterocycles. The molecule has 1 unspecified atom stereocenters. The Bertz CT molecular complexity index is 1230. The molecule has 2 aromatic rings. The highest BCUT2D eigenvalue weighted by atomic mass is 35.5. The van der Waals surface area contributed by atoms with Crippen molar-refractivity contribution in [3.8, 4) is 0 Å². The van der Waals surface area contributed by atoms with Gasteiger partial charge < -0.3 is 14.7 Å². The van der Waals surface area contributed by atoms with Gasteiger partial charge in [0.2, 0.25) is 5.91 Å². The van der Waals surface area contributed by atoms with E-state index in [0.29, 0.717) is 12.1 Å². The van der Waals surface area contributed by atoms with Crippen molar-refractivity contribution in [1.29, 1.82) is 0 Å². The third-order valence-electron chi connectivity index (χ3n) is 9.90. The molecule has 0 saturated carbocycles. The third-order valence-corrected chi connectivity index (χ3v) is 9.90. The van der Waals surface area contributed by atoms with Crippen molar-refractivity contribution >= 4 is 43.1 Å². The van der Waals surface area contributed by atoms with Crippen molar-refractivity contribution in [2.75, 3.05) is 52.9 Å². The minimum Gasteiger partial charge on any atom is -0.344 e. The number of carbonyl (C=O) groups is 1. The first-order chi connectivity index (χ1) is 21.4. The fraction of sp³-hybridized carbons (Fsp3) is 0.618. The standard InChI is InChI=1S/C34H44F6N4O.3ClH/c1-41(17-10-25-22-27(33(35,36)37)24-28(23-25)34(38,39)40)32(45)31(26-8-4-2-5-9-26)44-20-13-30(14-21-44)43-18-11-29(12-19-43)42-15-6-3-7-16-42;;;/h2,4-5,8-9,22-24,29-31H,3,6-7,10-21H2,1H3;3*1H. The van der Waals surface area contributed by atoms with Gasteiger partial charge in [-0.15, -0.1) is 37.2 Å². The van der Waals surface area contributed by atoms with E-state index in [1.807, 2.05) is 30.3 Å². The van der Waals surface area contributed by atoms with E-state index in [1.54, 1.807) is 7.05 Å². The summed E-state index contributed by atoms with van der Waals surface area (Å²) in [5.74, 6) is -0.218. The van der Waals surface area contributed by atoms with E-state index in [2.05, 4.69) is 14.7 Å². The molecule has 0 N–H and O–H groups in total. The van der Waals surface area contributed by atoms with Gasteiger partial charge in [0.15, 0.2) is 0 Å². The highest BCUT2D eigenvalue weighted by Crippen LogP contribution is 2.37. The Morgan fingerprint density at radius 2 is 1.21 bits per heavy atom. The predicted octanol–water partition coefficient (Wildman–Crippen LogP) is 8.15. The number of amides is 1. The molecule has 5 rings (SSSR count). The summed E-state index contributed by atoms with van der Waals surface area (Å²) in [5, 5.41) is 0. The number of halogens is 9. The molecule has 3 saturated heterocycles. The van der Waals surface area contributed by atoms with Crippen LogP contribution in [-0.4, -0.2) is 90.5 Å². The second kappa shape index (κ2) is 18.5. The second-order valence-corrected chi connectivity index (χ2v) is 12.9. The van der Waals surface area contributed by atoms with Gasteiger partial charge in [0.05, 0.1) is 11.1 Å². The van der Waals surface area contributed by atoms with Gasteiger partial charge in [0.1, 0.15) is 6.04 Å². The fourth-order valence-corrected chi connectivity index (χ4v) is 7.33. The number of rotatable bonds is 8. The van der Waals surface area contributed by atoms with E-state index < -0.39 is 29.5 Å². The molecular weight excluding hydrogens is 701 g/mol. The molecule has 3 fully saturated rings. The summed E-state index contributed by atoms with van der Waals surface area (Å²) in [6.07, 6.45) is -1.71. The number of likely N-dealkylation sites (N-methyl/N-ethyl adjacent to an activating group) is 1. The van der Waals surface area contributed by atoms with Crippen LogP contribution in [0.3, 0.4) is 0 Å². The van der Waals surface area contributed by atoms with E-state index in [9.17, 15) is 31.1 Å². The molecular formula is C34H47Cl3F6N4O. The number of hydrogen-bond donors (Lipinski definition) is 0. The van der Waals surface area contributed by atoms with Crippen LogP contribution in [0.5, 0.6) is 0 Å². The zero-order chi connectivity index (χ0) is 32.2. The van der Waals surface area contributed by atoms with Gasteiger partial charge in [-0.25, -0.2) is 0 Å². The number of hydrogen-bond acceptors (Lipinski definition) is 4. The average molecular weight is 748 g/mol. The Hall–Kier alpha value is -1.76. The summed E-state index contributed by atoms with van der Waals surface area (Å²) < 4.78 is 80.2. The molecule has 1 atom stereocenters. The number of alkyl halides is 6. The van der Waals surface area contributed by atoms with Crippen molar-refractivity contribution in [1.82, 2.24) is 19.6 Å². The van der Waals surface area contributed by atoms with Gasteiger partial charge in [-0.05, 0) is 100 Å². The summed E-state index contributed by atoms with van der Waals surface area (Å²) in [4.78, 5) is 22.8. The monoisotopic (exact) mass is 746 g/mol. The molecule has 0 radical (unpaired) electrons. The van der Waals surface area contributed by atoms with Crippen LogP contribution in [0.15, 0.2) is 48.5 Å². The fourth-order valence-electron chi connectivity index (χ4n) is 7.33. The summed E-state index contributed by atoms with van der Waals surface area (Å²) in [5.41, 5.74) is -1.98. The van der Waals surface area contributed by atoms with Gasteiger partial charge in [-0.1, -0.05) is 36.8 Å². The SMILES string of the molecule is CN(CCc1cc(C(F)(F)F)cc(C(F)(F)F)c1)C(=O)C(c1ccccc1)N1CCC(N2CCC(N3CCCCC3)CC2)CC1.Cl.Cl.Cl. The predicted molar refractivity (Wildman–Crippen MR) is 183 cm³/mol. The molecule has 3 heterocycles. The van der Waals surface area contributed by atoms with Crippen molar-refractivity contribution in [2.45, 2.75) is 81.8 Å². The number of likely N-dealkylation sites (tertiary alicyclic amines) is 3. The molecule has 0 bridgehead atoms. The van der Waals surface area contributed by atoms with Crippen LogP contribution in [0.1, 0.15) is 73.2 Å². The summed E-state index contributed by atoms with van der Waals surface area (Å²) in [6.45, 7) is 6.10. The highest BCUT2D eigenvalue weighted by Gasteiger charge is 2.38. The van der Waals surface area contributed by atoms with E-state index in [1.165, 1.54) is 50.1 Å². The first-order valence-electron chi connectivity index (χ1n) is 16.2. The average Bonchev–Trinajstić information content (AvgIpc) is 3.04. The number of piperidine rings is 3. The first kappa shape index (κ1) is 42.4. The van der Waals surface area contributed by atoms with Crippen LogP contribution in [0.25, 0.3) is 0 Å². The maximum absolute atomic E-state index is 13.9. The Balaban J connectivity index is 0.00000267. The normalized spacial score (nSPS) is 19.8. The largest absolute Gasteiger partial charge is 0.416 e. The summed E-state index contributed by atoms with van der Waals surface area (Å²) in [6, 6.07) is 11.6.